The van der Waals surface area contributed by atoms with Crippen LogP contribution < -0.4 is 0 Å². The molecule has 0 saturated carbocycles. The quantitative estimate of drug-likeness (QED) is 0.276. The lowest BCUT2D eigenvalue weighted by molar-refractivity contribution is 0.319. The van der Waals surface area contributed by atoms with Crippen molar-refractivity contribution in [2.45, 2.75) is 157 Å². The third kappa shape index (κ3) is 11.3. The highest BCUT2D eigenvalue weighted by Gasteiger charge is 2.25. The van der Waals surface area contributed by atoms with Crippen LogP contribution >= 0.6 is 11.3 Å². The normalized spacial score (nSPS) is 13.4. The van der Waals surface area contributed by atoms with E-state index in [1.165, 1.54) is 9.75 Å². The van der Waals surface area contributed by atoms with Crippen molar-refractivity contribution >= 4 is 11.3 Å². The summed E-state index contributed by atoms with van der Waals surface area (Å²) in [4.78, 5) is 2.97. The van der Waals surface area contributed by atoms with Gasteiger partial charge in [-0.3, -0.25) is 0 Å². The molecule has 0 amide bonds. The molecule has 3 heterocycles. The summed E-state index contributed by atoms with van der Waals surface area (Å²) in [5.41, 5.74) is 1.98. The number of hydrogen-bond acceptors (Lipinski definition) is 4. The Bertz CT molecular complexity index is 914. The van der Waals surface area contributed by atoms with Gasteiger partial charge in [0.05, 0.1) is 5.69 Å². The molecule has 39 heavy (non-hydrogen) atoms. The van der Waals surface area contributed by atoms with E-state index in [-0.39, 0.29) is 21.7 Å². The molecule has 0 N–H and O–H groups in total. The maximum Gasteiger partial charge on any atom is 0.142 e. The monoisotopic (exact) mass is 557 g/mol. The first-order valence-electron chi connectivity index (χ1n) is 14.3. The Kier molecular flexibility index (Phi) is 10.8. The molecule has 222 valence electrons. The molecule has 3 rings (SSSR count). The number of thiophene rings is 1. The average molecular weight is 558 g/mol. The highest BCUT2D eigenvalue weighted by atomic mass is 32.1. The number of nitrogens with zero attached hydrogens (tertiary/aromatic N) is 1. The van der Waals surface area contributed by atoms with Crippen molar-refractivity contribution in [3.05, 3.63) is 63.1 Å². The van der Waals surface area contributed by atoms with Gasteiger partial charge < -0.3 is 8.94 Å². The fourth-order valence-electron chi connectivity index (χ4n) is 3.27. The lowest BCUT2D eigenvalue weighted by Gasteiger charge is -2.18. The van der Waals surface area contributed by atoms with Gasteiger partial charge in [0.25, 0.3) is 0 Å². The SMILES string of the molecule is CC(C)(C)c1cc(C(C)(C)C)on1.CC(C)(C)c1ccc(C(C)(C)C)o1.CC(C)(C)c1ccc(C(C)(C)C)s1. The summed E-state index contributed by atoms with van der Waals surface area (Å²) in [7, 11) is 0. The number of furan rings is 1. The molecule has 0 saturated heterocycles. The third-order valence-corrected chi connectivity index (χ3v) is 8.12. The first-order valence-corrected chi connectivity index (χ1v) is 15.1. The predicted molar refractivity (Wildman–Crippen MR) is 172 cm³/mol. The molecular formula is C35H59NO2S. The molecule has 0 aliphatic heterocycles. The van der Waals surface area contributed by atoms with Crippen molar-refractivity contribution in [2.24, 2.45) is 0 Å². The van der Waals surface area contributed by atoms with E-state index in [4.69, 9.17) is 8.94 Å². The van der Waals surface area contributed by atoms with E-state index in [2.05, 4.69) is 160 Å². The Hall–Kier alpha value is -1.81. The van der Waals surface area contributed by atoms with Crippen molar-refractivity contribution in [3.63, 3.8) is 0 Å². The first kappa shape index (κ1) is 35.2. The van der Waals surface area contributed by atoms with Crippen LogP contribution in [0.1, 0.15) is 157 Å². The second-order valence-corrected chi connectivity index (χ2v) is 18.0. The van der Waals surface area contributed by atoms with Crippen LogP contribution in [-0.2, 0) is 32.5 Å². The summed E-state index contributed by atoms with van der Waals surface area (Å²) in [6.45, 7) is 39.4. The van der Waals surface area contributed by atoms with Gasteiger partial charge in [-0.25, -0.2) is 0 Å². The maximum atomic E-state index is 5.81. The summed E-state index contributed by atoms with van der Waals surface area (Å²) >= 11 is 1.95. The lowest BCUT2D eigenvalue weighted by Crippen LogP contribution is -2.12. The van der Waals surface area contributed by atoms with E-state index < -0.39 is 0 Å². The Balaban J connectivity index is 0.000000292. The van der Waals surface area contributed by atoms with Crippen molar-refractivity contribution in [3.8, 4) is 0 Å². The van der Waals surface area contributed by atoms with Crippen molar-refractivity contribution < 1.29 is 8.94 Å². The molecule has 3 nitrogen and oxygen atoms in total. The molecule has 0 aromatic carbocycles. The summed E-state index contributed by atoms with van der Waals surface area (Å²) in [5, 5.41) is 4.08. The molecule has 0 unspecified atom stereocenters. The van der Waals surface area contributed by atoms with Crippen LogP contribution in [0.25, 0.3) is 0 Å². The minimum atomic E-state index is 0.0521. The van der Waals surface area contributed by atoms with Crippen LogP contribution in [0.15, 0.2) is 39.3 Å². The van der Waals surface area contributed by atoms with Gasteiger partial charge in [0.2, 0.25) is 0 Å². The topological polar surface area (TPSA) is 39.2 Å². The van der Waals surface area contributed by atoms with Crippen molar-refractivity contribution in [1.82, 2.24) is 5.16 Å². The zero-order valence-electron chi connectivity index (χ0n) is 28.6. The molecule has 0 radical (unpaired) electrons. The average Bonchev–Trinajstić information content (AvgIpc) is 3.45. The minimum Gasteiger partial charge on any atom is -0.465 e. The van der Waals surface area contributed by atoms with Crippen molar-refractivity contribution in [2.75, 3.05) is 0 Å². The molecule has 3 aromatic heterocycles. The molecule has 0 spiro atoms. The minimum absolute atomic E-state index is 0.0521. The van der Waals surface area contributed by atoms with Gasteiger partial charge in [-0.2, -0.15) is 0 Å². The zero-order chi connectivity index (χ0) is 30.8. The third-order valence-electron chi connectivity index (χ3n) is 6.19. The Morgan fingerprint density at radius 2 is 0.821 bits per heavy atom. The first-order chi connectivity index (χ1) is 17.1. The number of aromatic nitrogens is 1. The van der Waals surface area contributed by atoms with E-state index in [1.807, 2.05) is 11.3 Å². The van der Waals surface area contributed by atoms with Gasteiger partial charge in [-0.15, -0.1) is 11.3 Å². The zero-order valence-corrected chi connectivity index (χ0v) is 29.4. The standard InChI is InChI=1S/C12H20O.C12H20S.C11H19NO/c2*1-11(2,3)9-7-8-10(13-9)12(4,5)6;1-10(2,3)8-7-9(13-12-8)11(4,5)6/h2*7-8H,1-6H3;7H,1-6H3. The Morgan fingerprint density at radius 1 is 0.462 bits per heavy atom. The van der Waals surface area contributed by atoms with Gasteiger partial charge in [0, 0.05) is 37.5 Å². The van der Waals surface area contributed by atoms with E-state index in [9.17, 15) is 0 Å². The second-order valence-electron chi connectivity index (χ2n) is 16.9. The van der Waals surface area contributed by atoms with E-state index in [1.54, 1.807) is 0 Å². The van der Waals surface area contributed by atoms with Crippen LogP contribution in [-0.4, -0.2) is 5.16 Å². The summed E-state index contributed by atoms with van der Waals surface area (Å²) in [5.74, 6) is 3.09. The summed E-state index contributed by atoms with van der Waals surface area (Å²) in [6, 6.07) is 10.8. The van der Waals surface area contributed by atoms with Gasteiger partial charge in [0.1, 0.15) is 17.3 Å². The van der Waals surface area contributed by atoms with Crippen LogP contribution in [0, 0.1) is 0 Å². The molecule has 3 aromatic rings. The highest BCUT2D eigenvalue weighted by molar-refractivity contribution is 7.12. The van der Waals surface area contributed by atoms with E-state index in [0.717, 1.165) is 23.0 Å². The Morgan fingerprint density at radius 3 is 1.00 bits per heavy atom. The second kappa shape index (κ2) is 12.0. The van der Waals surface area contributed by atoms with Gasteiger partial charge >= 0.3 is 0 Å². The van der Waals surface area contributed by atoms with Gasteiger partial charge in [0.15, 0.2) is 0 Å². The molecule has 0 atom stereocenters. The smallest absolute Gasteiger partial charge is 0.142 e. The van der Waals surface area contributed by atoms with Crippen molar-refractivity contribution in [1.29, 1.82) is 0 Å². The maximum absolute atomic E-state index is 5.81. The molecule has 0 bridgehead atoms. The number of rotatable bonds is 0. The highest BCUT2D eigenvalue weighted by Crippen LogP contribution is 2.35. The van der Waals surface area contributed by atoms with E-state index in [0.29, 0.717) is 10.8 Å². The van der Waals surface area contributed by atoms with Gasteiger partial charge in [-0.05, 0) is 35.1 Å². The summed E-state index contributed by atoms with van der Waals surface area (Å²) < 4.78 is 11.1. The van der Waals surface area contributed by atoms with Crippen LogP contribution in [0.3, 0.4) is 0 Å². The largest absolute Gasteiger partial charge is 0.465 e. The molecule has 0 aliphatic carbocycles. The summed E-state index contributed by atoms with van der Waals surface area (Å²) in [6.07, 6.45) is 0. The van der Waals surface area contributed by atoms with E-state index >= 15 is 0 Å². The molecular weight excluding hydrogens is 498 g/mol. The lowest BCUT2D eigenvalue weighted by atomic mass is 9.88. The van der Waals surface area contributed by atoms with Gasteiger partial charge in [-0.1, -0.05) is 130 Å². The fourth-order valence-corrected chi connectivity index (χ4v) is 4.39. The molecule has 0 fully saturated rings. The Labute approximate surface area is 245 Å². The van der Waals surface area contributed by atoms with Crippen LogP contribution in [0.2, 0.25) is 0 Å². The fraction of sp³-hybridized carbons (Fsp3) is 0.686. The van der Waals surface area contributed by atoms with Crippen LogP contribution in [0.5, 0.6) is 0 Å². The molecule has 4 heteroatoms. The number of hydrogen-bond donors (Lipinski definition) is 0. The molecule has 0 aliphatic rings. The van der Waals surface area contributed by atoms with Crippen LogP contribution in [0.4, 0.5) is 0 Å². The predicted octanol–water partition coefficient (Wildman–Crippen LogP) is 11.5.